The molecule has 0 aliphatic heterocycles. The van der Waals surface area contributed by atoms with E-state index in [9.17, 15) is 0 Å². The first-order chi connectivity index (χ1) is 7.28. The molecule has 0 atom stereocenters. The van der Waals surface area contributed by atoms with E-state index in [0.717, 1.165) is 21.0 Å². The molecule has 0 saturated carbocycles. The van der Waals surface area contributed by atoms with Crippen LogP contribution in [0.2, 0.25) is 0 Å². The topological polar surface area (TPSA) is 79.4 Å². The summed E-state index contributed by atoms with van der Waals surface area (Å²) in [4.78, 5) is 4.23. The number of aromatic nitrogens is 5. The number of hydrogen-bond donors (Lipinski definition) is 2. The molecule has 0 aromatic carbocycles. The van der Waals surface area contributed by atoms with Crippen molar-refractivity contribution in [2.24, 2.45) is 0 Å². The molecule has 0 radical (unpaired) electrons. The van der Waals surface area contributed by atoms with Gasteiger partial charge in [-0.05, 0) is 12.7 Å². The highest BCUT2D eigenvalue weighted by atomic mass is 32.2. The van der Waals surface area contributed by atoms with E-state index < -0.39 is 0 Å². The van der Waals surface area contributed by atoms with E-state index in [-0.39, 0.29) is 0 Å². The number of rotatable bonds is 4. The zero-order chi connectivity index (χ0) is 10.7. The second-order valence-corrected chi connectivity index (χ2v) is 5.06. The minimum atomic E-state index is 0.599. The van der Waals surface area contributed by atoms with Crippen molar-refractivity contribution in [3.05, 3.63) is 5.01 Å². The summed E-state index contributed by atoms with van der Waals surface area (Å²) in [7, 11) is 0. The molecule has 0 fully saturated rings. The van der Waals surface area contributed by atoms with Gasteiger partial charge in [0.15, 0.2) is 0 Å². The van der Waals surface area contributed by atoms with Crippen LogP contribution in [0.15, 0.2) is 5.16 Å². The van der Waals surface area contributed by atoms with Gasteiger partial charge in [-0.25, -0.2) is 5.10 Å². The van der Waals surface area contributed by atoms with Crippen molar-refractivity contribution in [3.63, 3.8) is 0 Å². The Morgan fingerprint density at radius 3 is 3.00 bits per heavy atom. The van der Waals surface area contributed by atoms with E-state index in [1.807, 2.05) is 6.92 Å². The lowest BCUT2D eigenvalue weighted by Gasteiger charge is -1.92. The SMILES string of the molecule is CCSc1n[nH]c(Nc2nnc(C)s2)n1. The molecule has 0 saturated heterocycles. The van der Waals surface area contributed by atoms with Crippen molar-refractivity contribution >= 4 is 34.2 Å². The summed E-state index contributed by atoms with van der Waals surface area (Å²) in [5.41, 5.74) is 0. The van der Waals surface area contributed by atoms with E-state index in [4.69, 9.17) is 0 Å². The average molecular weight is 242 g/mol. The van der Waals surface area contributed by atoms with Gasteiger partial charge in [-0.15, -0.1) is 15.3 Å². The summed E-state index contributed by atoms with van der Waals surface area (Å²) in [5.74, 6) is 1.55. The summed E-state index contributed by atoms with van der Waals surface area (Å²) in [6.07, 6.45) is 0. The fraction of sp³-hybridized carbons (Fsp3) is 0.429. The monoisotopic (exact) mass is 242 g/mol. The lowest BCUT2D eigenvalue weighted by atomic mass is 10.9. The number of nitrogens with one attached hydrogen (secondary N) is 2. The van der Waals surface area contributed by atoms with Crippen molar-refractivity contribution in [3.8, 4) is 0 Å². The molecule has 0 amide bonds. The molecule has 80 valence electrons. The van der Waals surface area contributed by atoms with Gasteiger partial charge in [0.1, 0.15) is 5.01 Å². The van der Waals surface area contributed by atoms with Crippen molar-refractivity contribution in [1.29, 1.82) is 0 Å². The van der Waals surface area contributed by atoms with Crippen LogP contribution >= 0.6 is 23.1 Å². The van der Waals surface area contributed by atoms with Crippen molar-refractivity contribution in [2.75, 3.05) is 11.1 Å². The Balaban J connectivity index is 2.04. The van der Waals surface area contributed by atoms with Gasteiger partial charge in [-0.1, -0.05) is 30.0 Å². The first-order valence-corrected chi connectivity index (χ1v) is 6.20. The molecule has 8 heteroatoms. The van der Waals surface area contributed by atoms with Crippen LogP contribution in [0.5, 0.6) is 0 Å². The highest BCUT2D eigenvalue weighted by Crippen LogP contribution is 2.19. The third kappa shape index (κ3) is 2.66. The maximum atomic E-state index is 4.23. The van der Waals surface area contributed by atoms with Crippen LogP contribution in [0.3, 0.4) is 0 Å². The molecule has 2 heterocycles. The summed E-state index contributed by atoms with van der Waals surface area (Å²) in [6.45, 7) is 3.96. The molecular formula is C7H10N6S2. The van der Waals surface area contributed by atoms with Gasteiger partial charge < -0.3 is 0 Å². The minimum Gasteiger partial charge on any atom is -0.299 e. The standard InChI is InChI=1S/C7H10N6S2/c1-3-14-6-8-5(11-12-6)9-7-13-10-4(2)15-7/h3H2,1-2H3,(H2,8,9,11,12,13). The molecular weight excluding hydrogens is 232 g/mol. The highest BCUT2D eigenvalue weighted by molar-refractivity contribution is 7.99. The molecule has 0 spiro atoms. The van der Waals surface area contributed by atoms with E-state index in [1.54, 1.807) is 11.8 Å². The first-order valence-electron chi connectivity index (χ1n) is 4.40. The molecule has 0 aliphatic carbocycles. The van der Waals surface area contributed by atoms with Gasteiger partial charge in [0, 0.05) is 0 Å². The smallest absolute Gasteiger partial charge is 0.225 e. The van der Waals surface area contributed by atoms with E-state index in [2.05, 4.69) is 37.6 Å². The van der Waals surface area contributed by atoms with E-state index in [1.165, 1.54) is 11.3 Å². The van der Waals surface area contributed by atoms with Crippen LogP contribution in [-0.4, -0.2) is 31.1 Å². The molecule has 15 heavy (non-hydrogen) atoms. The lowest BCUT2D eigenvalue weighted by molar-refractivity contribution is 0.974. The zero-order valence-corrected chi connectivity index (χ0v) is 9.95. The Labute approximate surface area is 94.9 Å². The van der Waals surface area contributed by atoms with Gasteiger partial charge in [0.05, 0.1) is 0 Å². The number of hydrogen-bond acceptors (Lipinski definition) is 7. The average Bonchev–Trinajstić information content (AvgIpc) is 2.78. The van der Waals surface area contributed by atoms with Crippen molar-refractivity contribution < 1.29 is 0 Å². The highest BCUT2D eigenvalue weighted by Gasteiger charge is 2.05. The van der Waals surface area contributed by atoms with Gasteiger partial charge >= 0.3 is 0 Å². The molecule has 6 nitrogen and oxygen atoms in total. The second kappa shape index (κ2) is 4.58. The molecule has 0 unspecified atom stereocenters. The number of aryl methyl sites for hydroxylation is 1. The molecule has 0 aliphatic rings. The van der Waals surface area contributed by atoms with Gasteiger partial charge in [0.25, 0.3) is 0 Å². The van der Waals surface area contributed by atoms with Crippen LogP contribution in [0.1, 0.15) is 11.9 Å². The predicted octanol–water partition coefficient (Wildman–Crippen LogP) is 1.82. The van der Waals surface area contributed by atoms with Crippen LogP contribution in [0.25, 0.3) is 0 Å². The van der Waals surface area contributed by atoms with E-state index >= 15 is 0 Å². The third-order valence-electron chi connectivity index (χ3n) is 1.49. The van der Waals surface area contributed by atoms with Gasteiger partial charge in [-0.3, -0.25) is 5.32 Å². The first kappa shape index (κ1) is 10.4. The lowest BCUT2D eigenvalue weighted by Crippen LogP contribution is -1.91. The molecule has 2 aromatic rings. The number of thioether (sulfide) groups is 1. The summed E-state index contributed by atoms with van der Waals surface area (Å²) in [6, 6.07) is 0. The number of H-pyrrole nitrogens is 1. The predicted molar refractivity (Wildman–Crippen MR) is 60.7 cm³/mol. The summed E-state index contributed by atoms with van der Waals surface area (Å²) >= 11 is 3.06. The minimum absolute atomic E-state index is 0.599. The van der Waals surface area contributed by atoms with Crippen molar-refractivity contribution in [2.45, 2.75) is 19.0 Å². The fourth-order valence-corrected chi connectivity index (χ4v) is 2.06. The maximum Gasteiger partial charge on any atom is 0.225 e. The Bertz CT molecular complexity index is 436. The number of nitrogens with zero attached hydrogens (tertiary/aromatic N) is 4. The van der Waals surface area contributed by atoms with Crippen LogP contribution in [0.4, 0.5) is 11.1 Å². The Hall–Kier alpha value is -1.15. The van der Waals surface area contributed by atoms with Gasteiger partial charge in [0.2, 0.25) is 16.2 Å². The molecule has 2 N–H and O–H groups in total. The van der Waals surface area contributed by atoms with Crippen molar-refractivity contribution in [1.82, 2.24) is 25.4 Å². The molecule has 0 bridgehead atoms. The van der Waals surface area contributed by atoms with E-state index in [0.29, 0.717) is 5.95 Å². The summed E-state index contributed by atoms with van der Waals surface area (Å²) < 4.78 is 0. The van der Waals surface area contributed by atoms with Crippen LogP contribution in [-0.2, 0) is 0 Å². The second-order valence-electron chi connectivity index (χ2n) is 2.65. The number of anilines is 2. The fourth-order valence-electron chi connectivity index (χ4n) is 0.944. The normalized spacial score (nSPS) is 10.5. The quantitative estimate of drug-likeness (QED) is 0.796. The summed E-state index contributed by atoms with van der Waals surface area (Å²) in [5, 5.41) is 20.0. The van der Waals surface area contributed by atoms with Crippen LogP contribution in [0, 0.1) is 6.92 Å². The largest absolute Gasteiger partial charge is 0.299 e. The Morgan fingerprint density at radius 2 is 2.33 bits per heavy atom. The maximum absolute atomic E-state index is 4.23. The van der Waals surface area contributed by atoms with Gasteiger partial charge in [-0.2, -0.15) is 4.98 Å². The zero-order valence-electron chi connectivity index (χ0n) is 8.31. The Kier molecular flexibility index (Phi) is 3.17. The molecule has 2 rings (SSSR count). The number of aromatic amines is 1. The van der Waals surface area contributed by atoms with Crippen LogP contribution < -0.4 is 5.32 Å². The third-order valence-corrected chi connectivity index (χ3v) is 2.97. The Morgan fingerprint density at radius 1 is 1.47 bits per heavy atom. The molecule has 2 aromatic heterocycles.